The van der Waals surface area contributed by atoms with E-state index in [9.17, 15) is 14.0 Å². The van der Waals surface area contributed by atoms with Crippen LogP contribution in [0.2, 0.25) is 0 Å². The van der Waals surface area contributed by atoms with Gasteiger partial charge in [-0.25, -0.2) is 4.39 Å². The molecule has 0 bridgehead atoms. The van der Waals surface area contributed by atoms with E-state index in [1.807, 2.05) is 0 Å². The number of aldehydes is 1. The maximum absolute atomic E-state index is 13.7. The average molecular weight is 231 g/mol. The van der Waals surface area contributed by atoms with Crippen LogP contribution in [0.25, 0.3) is 10.9 Å². The highest BCUT2D eigenvalue weighted by atomic mass is 19.1. The van der Waals surface area contributed by atoms with E-state index < -0.39 is 6.04 Å². The molecule has 1 atom stereocenters. The van der Waals surface area contributed by atoms with Gasteiger partial charge in [0.1, 0.15) is 12.1 Å². The zero-order chi connectivity index (χ0) is 12.0. The Morgan fingerprint density at radius 2 is 2.06 bits per heavy atom. The van der Waals surface area contributed by atoms with E-state index in [1.165, 1.54) is 16.7 Å². The van der Waals surface area contributed by atoms with Crippen LogP contribution in [0.5, 0.6) is 0 Å². The molecule has 1 aliphatic heterocycles. The highest BCUT2D eigenvalue weighted by molar-refractivity contribution is 5.84. The summed E-state index contributed by atoms with van der Waals surface area (Å²) in [4.78, 5) is 22.8. The number of halogens is 1. The summed E-state index contributed by atoms with van der Waals surface area (Å²) in [6.45, 7) is 0. The molecule has 0 radical (unpaired) electrons. The van der Waals surface area contributed by atoms with E-state index in [-0.39, 0.29) is 11.4 Å². The maximum atomic E-state index is 13.7. The summed E-state index contributed by atoms with van der Waals surface area (Å²) >= 11 is 0. The highest BCUT2D eigenvalue weighted by Crippen LogP contribution is 2.29. The number of nitrogens with zero attached hydrogens (tertiary/aromatic N) is 1. The number of carbonyl (C=O) groups excluding carboxylic acids is 1. The van der Waals surface area contributed by atoms with Gasteiger partial charge in [-0.2, -0.15) is 0 Å². The van der Waals surface area contributed by atoms with Gasteiger partial charge in [-0.3, -0.25) is 9.36 Å². The largest absolute Gasteiger partial charge is 0.301 e. The van der Waals surface area contributed by atoms with Gasteiger partial charge in [0.15, 0.2) is 0 Å². The van der Waals surface area contributed by atoms with E-state index in [4.69, 9.17) is 0 Å². The Morgan fingerprint density at radius 3 is 2.82 bits per heavy atom. The Bertz CT molecular complexity index is 675. The number of hydrogen-bond donors (Lipinski definition) is 0. The molecule has 0 aliphatic carbocycles. The second kappa shape index (κ2) is 3.52. The molecule has 0 saturated carbocycles. The molecular formula is C13H10FNO2. The van der Waals surface area contributed by atoms with Crippen LogP contribution < -0.4 is 5.56 Å². The number of aryl methyl sites for hydroxylation is 1. The number of rotatable bonds is 1. The first-order valence-electron chi connectivity index (χ1n) is 5.50. The minimum atomic E-state index is -0.472. The second-order valence-corrected chi connectivity index (χ2v) is 4.25. The number of carbonyl (C=O) groups is 1. The van der Waals surface area contributed by atoms with Crippen molar-refractivity contribution in [2.45, 2.75) is 18.9 Å². The summed E-state index contributed by atoms with van der Waals surface area (Å²) in [5.74, 6) is -0.304. The van der Waals surface area contributed by atoms with Crippen molar-refractivity contribution in [2.75, 3.05) is 0 Å². The van der Waals surface area contributed by atoms with Crippen molar-refractivity contribution in [2.24, 2.45) is 0 Å². The Hall–Kier alpha value is -1.97. The standard InChI is InChI=1S/C13H10FNO2/c14-11-5-1-8-2-6-12(17)15-9(7-16)3-4-10(11)13(8)15/h1-2,5-7,9H,3-4H2. The van der Waals surface area contributed by atoms with Gasteiger partial charge in [-0.05, 0) is 36.4 Å². The molecule has 0 amide bonds. The number of pyridine rings is 1. The Morgan fingerprint density at radius 1 is 1.29 bits per heavy atom. The van der Waals surface area contributed by atoms with Crippen molar-refractivity contribution in [3.05, 3.63) is 46.0 Å². The zero-order valence-electron chi connectivity index (χ0n) is 9.02. The Kier molecular flexibility index (Phi) is 2.11. The van der Waals surface area contributed by atoms with Crippen LogP contribution in [0.1, 0.15) is 18.0 Å². The molecule has 1 aromatic carbocycles. The smallest absolute Gasteiger partial charge is 0.251 e. The van der Waals surface area contributed by atoms with Gasteiger partial charge in [0.2, 0.25) is 0 Å². The van der Waals surface area contributed by atoms with Gasteiger partial charge in [0.05, 0.1) is 11.6 Å². The average Bonchev–Trinajstić information content (AvgIpc) is 2.36. The SMILES string of the molecule is O=CC1CCc2c(F)ccc3ccc(=O)n1c23. The summed E-state index contributed by atoms with van der Waals surface area (Å²) in [5, 5.41) is 0.799. The minimum absolute atomic E-state index is 0.249. The van der Waals surface area contributed by atoms with Gasteiger partial charge >= 0.3 is 0 Å². The molecule has 0 saturated heterocycles. The third-order valence-corrected chi connectivity index (χ3v) is 3.32. The van der Waals surface area contributed by atoms with Crippen molar-refractivity contribution in [1.29, 1.82) is 0 Å². The maximum Gasteiger partial charge on any atom is 0.251 e. The van der Waals surface area contributed by atoms with Crippen LogP contribution in [0.15, 0.2) is 29.1 Å². The van der Waals surface area contributed by atoms with Gasteiger partial charge in [-0.15, -0.1) is 0 Å². The summed E-state index contributed by atoms with van der Waals surface area (Å²) in [7, 11) is 0. The summed E-state index contributed by atoms with van der Waals surface area (Å²) in [6.07, 6.45) is 1.74. The van der Waals surface area contributed by atoms with Gasteiger partial charge in [0, 0.05) is 11.6 Å². The molecule has 2 aromatic rings. The van der Waals surface area contributed by atoms with Crippen LogP contribution in [0, 0.1) is 5.82 Å². The molecule has 3 rings (SSSR count). The van der Waals surface area contributed by atoms with Crippen LogP contribution >= 0.6 is 0 Å². The summed E-state index contributed by atoms with van der Waals surface area (Å²) < 4.78 is 15.1. The third kappa shape index (κ3) is 1.33. The van der Waals surface area contributed by atoms with Crippen molar-refractivity contribution in [3.8, 4) is 0 Å². The molecule has 0 fully saturated rings. The Balaban J connectivity index is 2.52. The van der Waals surface area contributed by atoms with Crippen molar-refractivity contribution in [1.82, 2.24) is 4.57 Å². The van der Waals surface area contributed by atoms with E-state index in [0.29, 0.717) is 23.9 Å². The van der Waals surface area contributed by atoms with E-state index >= 15 is 0 Å². The fourth-order valence-corrected chi connectivity index (χ4v) is 2.52. The second-order valence-electron chi connectivity index (χ2n) is 4.25. The highest BCUT2D eigenvalue weighted by Gasteiger charge is 2.23. The topological polar surface area (TPSA) is 39.1 Å². The predicted octanol–water partition coefficient (Wildman–Crippen LogP) is 1.83. The van der Waals surface area contributed by atoms with Crippen LogP contribution in [-0.4, -0.2) is 10.9 Å². The molecule has 86 valence electrons. The van der Waals surface area contributed by atoms with Gasteiger partial charge in [-0.1, -0.05) is 0 Å². The zero-order valence-corrected chi connectivity index (χ0v) is 9.02. The fraction of sp³-hybridized carbons (Fsp3) is 0.231. The third-order valence-electron chi connectivity index (χ3n) is 3.32. The minimum Gasteiger partial charge on any atom is -0.301 e. The quantitative estimate of drug-likeness (QED) is 0.702. The monoisotopic (exact) mass is 231 g/mol. The first-order valence-corrected chi connectivity index (χ1v) is 5.50. The number of benzene rings is 1. The van der Waals surface area contributed by atoms with E-state index in [0.717, 1.165) is 11.7 Å². The van der Waals surface area contributed by atoms with E-state index in [1.54, 1.807) is 12.1 Å². The summed E-state index contributed by atoms with van der Waals surface area (Å²) in [6, 6.07) is 5.67. The van der Waals surface area contributed by atoms with Gasteiger partial charge < -0.3 is 4.79 Å². The van der Waals surface area contributed by atoms with Crippen LogP contribution in [0.3, 0.4) is 0 Å². The molecule has 4 heteroatoms. The predicted molar refractivity (Wildman–Crippen MR) is 61.6 cm³/mol. The normalized spacial score (nSPS) is 18.3. The number of aromatic nitrogens is 1. The van der Waals surface area contributed by atoms with Crippen molar-refractivity contribution < 1.29 is 9.18 Å². The molecule has 17 heavy (non-hydrogen) atoms. The molecule has 0 N–H and O–H groups in total. The Labute approximate surface area is 96.5 Å². The summed E-state index contributed by atoms with van der Waals surface area (Å²) in [5.41, 5.74) is 0.861. The molecular weight excluding hydrogens is 221 g/mol. The molecule has 1 aliphatic rings. The van der Waals surface area contributed by atoms with E-state index in [2.05, 4.69) is 0 Å². The lowest BCUT2D eigenvalue weighted by atomic mass is 9.96. The molecule has 1 aromatic heterocycles. The first kappa shape index (κ1) is 10.2. The van der Waals surface area contributed by atoms with Crippen molar-refractivity contribution in [3.63, 3.8) is 0 Å². The van der Waals surface area contributed by atoms with Crippen LogP contribution in [0.4, 0.5) is 4.39 Å². The van der Waals surface area contributed by atoms with Crippen molar-refractivity contribution >= 4 is 17.2 Å². The first-order chi connectivity index (χ1) is 8.22. The molecule has 3 nitrogen and oxygen atoms in total. The number of hydrogen-bond acceptors (Lipinski definition) is 2. The van der Waals surface area contributed by atoms with Crippen LogP contribution in [-0.2, 0) is 11.2 Å². The lowest BCUT2D eigenvalue weighted by molar-refractivity contribution is -0.110. The fourth-order valence-electron chi connectivity index (χ4n) is 2.52. The molecule has 1 unspecified atom stereocenters. The molecule has 2 heterocycles. The lowest BCUT2D eigenvalue weighted by Gasteiger charge is -2.24. The molecule has 0 spiro atoms. The lowest BCUT2D eigenvalue weighted by Crippen LogP contribution is -2.29. The van der Waals surface area contributed by atoms with Gasteiger partial charge in [0.25, 0.3) is 5.56 Å².